The number of hydrogen-bond donors (Lipinski definition) is 1. The molecule has 0 bridgehead atoms. The second kappa shape index (κ2) is 7.06. The second-order valence-corrected chi connectivity index (χ2v) is 9.98. The van der Waals surface area contributed by atoms with Gasteiger partial charge in [-0.1, -0.05) is 17.8 Å². The summed E-state index contributed by atoms with van der Waals surface area (Å²) in [7, 11) is 0. The lowest BCUT2D eigenvalue weighted by Crippen LogP contribution is -2.31. The molecule has 3 heterocycles. The zero-order valence-corrected chi connectivity index (χ0v) is 18.9. The van der Waals surface area contributed by atoms with E-state index in [0.717, 1.165) is 16.7 Å². The Kier molecular flexibility index (Phi) is 4.74. The van der Waals surface area contributed by atoms with Crippen LogP contribution in [0.15, 0.2) is 35.5 Å². The maximum Gasteiger partial charge on any atom is 0.283 e. The summed E-state index contributed by atoms with van der Waals surface area (Å²) in [4.78, 5) is 9.20. The smallest absolute Gasteiger partial charge is 0.283 e. The van der Waals surface area contributed by atoms with Gasteiger partial charge in [0.05, 0.1) is 6.20 Å². The Bertz CT molecular complexity index is 1120. The Morgan fingerprint density at radius 3 is 2.26 bits per heavy atom. The molecule has 0 saturated heterocycles. The molecule has 5 nitrogen and oxygen atoms in total. The topological polar surface area (TPSA) is 69.7 Å². The summed E-state index contributed by atoms with van der Waals surface area (Å²) in [6.07, 6.45) is 1.70. The third-order valence-electron chi connectivity index (χ3n) is 4.84. The van der Waals surface area contributed by atoms with Gasteiger partial charge in [0.25, 0.3) is 6.02 Å². The van der Waals surface area contributed by atoms with Gasteiger partial charge in [-0.15, -0.1) is 0 Å². The Morgan fingerprint density at radius 1 is 0.935 bits per heavy atom. The van der Waals surface area contributed by atoms with Crippen LogP contribution in [0, 0.1) is 34.5 Å². The van der Waals surface area contributed by atoms with Gasteiger partial charge in [-0.2, -0.15) is 0 Å². The molecule has 0 fully saturated rings. The minimum atomic E-state index is -0.812. The molecule has 1 aromatic carbocycles. The van der Waals surface area contributed by atoms with E-state index in [1.165, 1.54) is 0 Å². The number of benzene rings is 1. The predicted octanol–water partition coefficient (Wildman–Crippen LogP) is 4.57. The molecule has 1 spiro atoms. The third-order valence-corrected chi connectivity index (χ3v) is 4.84. The summed E-state index contributed by atoms with van der Waals surface area (Å²) < 4.78 is 11.8. The lowest BCUT2D eigenvalue weighted by molar-refractivity contribution is 0.264. The van der Waals surface area contributed by atoms with Crippen molar-refractivity contribution in [2.24, 2.45) is 21.6 Å². The Balaban J connectivity index is 1.87. The first-order valence-corrected chi connectivity index (χ1v) is 10.3. The number of nitrogens with zero attached hydrogens (tertiary/aromatic N) is 2. The largest absolute Gasteiger partial charge is 0.462 e. The summed E-state index contributed by atoms with van der Waals surface area (Å²) in [6.45, 7) is 12.7. The van der Waals surface area contributed by atoms with Crippen LogP contribution in [0.4, 0.5) is 0 Å². The maximum absolute atomic E-state index is 6.18. The standard InChI is InChI=1S/C26H27N3O2/c1-24(2,3)11-9-17-7-8-21-19(13-17)26(16-30-23(27)29-26)20-14-18(10-12-25(4,5)6)28-15-22(20)31-21/h7-8,13-15H,16H2,1-6H3,(H2,27,29)/t26-/m1/s1. The molecule has 31 heavy (non-hydrogen) atoms. The molecule has 0 saturated carbocycles. The number of nitrogens with two attached hydrogens (primary N) is 1. The highest BCUT2D eigenvalue weighted by Crippen LogP contribution is 2.50. The van der Waals surface area contributed by atoms with Crippen molar-refractivity contribution in [2.45, 2.75) is 47.1 Å². The molecule has 4 rings (SSSR count). The number of aromatic nitrogens is 1. The molecule has 0 amide bonds. The minimum Gasteiger partial charge on any atom is -0.462 e. The summed E-state index contributed by atoms with van der Waals surface area (Å²) in [5, 5.41) is 0. The van der Waals surface area contributed by atoms with Gasteiger partial charge in [-0.05, 0) is 71.7 Å². The fourth-order valence-corrected chi connectivity index (χ4v) is 3.42. The lowest BCUT2D eigenvalue weighted by atomic mass is 9.81. The van der Waals surface area contributed by atoms with Crippen LogP contribution in [-0.4, -0.2) is 17.6 Å². The lowest BCUT2D eigenvalue weighted by Gasteiger charge is -2.33. The summed E-state index contributed by atoms with van der Waals surface area (Å²) in [5.41, 5.74) is 8.21. The summed E-state index contributed by atoms with van der Waals surface area (Å²) in [6, 6.07) is 7.98. The van der Waals surface area contributed by atoms with Crippen molar-refractivity contribution in [1.82, 2.24) is 4.98 Å². The van der Waals surface area contributed by atoms with Crippen LogP contribution >= 0.6 is 0 Å². The fourth-order valence-electron chi connectivity index (χ4n) is 3.42. The van der Waals surface area contributed by atoms with Gasteiger partial charge >= 0.3 is 0 Å². The highest BCUT2D eigenvalue weighted by atomic mass is 16.5. The molecule has 2 aliphatic rings. The molecule has 5 heteroatoms. The van der Waals surface area contributed by atoms with Crippen molar-refractivity contribution in [1.29, 1.82) is 0 Å². The van der Waals surface area contributed by atoms with Crippen LogP contribution in [0.3, 0.4) is 0 Å². The number of pyridine rings is 1. The number of fused-ring (bicyclic) bond motifs is 4. The van der Waals surface area contributed by atoms with Crippen molar-refractivity contribution < 1.29 is 9.47 Å². The monoisotopic (exact) mass is 413 g/mol. The van der Waals surface area contributed by atoms with Crippen molar-refractivity contribution >= 4 is 6.02 Å². The Morgan fingerprint density at radius 2 is 1.61 bits per heavy atom. The van der Waals surface area contributed by atoms with Gasteiger partial charge in [0, 0.05) is 27.5 Å². The van der Waals surface area contributed by atoms with Crippen LogP contribution < -0.4 is 10.5 Å². The van der Waals surface area contributed by atoms with Gasteiger partial charge < -0.3 is 15.2 Å². The Hall–Kier alpha value is -3.44. The number of rotatable bonds is 0. The molecule has 2 aliphatic heterocycles. The molecule has 0 aliphatic carbocycles. The number of amidine groups is 1. The van der Waals surface area contributed by atoms with E-state index >= 15 is 0 Å². The molecular weight excluding hydrogens is 386 g/mol. The summed E-state index contributed by atoms with van der Waals surface area (Å²) >= 11 is 0. The van der Waals surface area contributed by atoms with Gasteiger partial charge in [0.2, 0.25) is 0 Å². The van der Waals surface area contributed by atoms with Crippen LogP contribution in [0.1, 0.15) is 63.9 Å². The zero-order valence-electron chi connectivity index (χ0n) is 18.9. The van der Waals surface area contributed by atoms with E-state index in [1.807, 2.05) is 24.3 Å². The molecule has 1 atom stereocenters. The molecule has 0 unspecified atom stereocenters. The van der Waals surface area contributed by atoms with E-state index in [0.29, 0.717) is 17.2 Å². The highest BCUT2D eigenvalue weighted by Gasteiger charge is 2.47. The van der Waals surface area contributed by atoms with E-state index in [4.69, 9.17) is 20.2 Å². The quantitative estimate of drug-likeness (QED) is 0.642. The average molecular weight is 414 g/mol. The fraction of sp³-hybridized carbons (Fsp3) is 0.385. The normalized spacial score (nSPS) is 19.0. The molecular formula is C26H27N3O2. The van der Waals surface area contributed by atoms with Crippen molar-refractivity contribution in [2.75, 3.05) is 6.61 Å². The first-order chi connectivity index (χ1) is 14.5. The molecule has 0 radical (unpaired) electrons. The van der Waals surface area contributed by atoms with E-state index in [9.17, 15) is 0 Å². The van der Waals surface area contributed by atoms with E-state index in [2.05, 4.69) is 70.2 Å². The zero-order chi connectivity index (χ0) is 22.4. The van der Waals surface area contributed by atoms with Gasteiger partial charge in [-0.3, -0.25) is 0 Å². The number of aliphatic imine (C=N–C) groups is 1. The first-order valence-electron chi connectivity index (χ1n) is 10.3. The average Bonchev–Trinajstić information content (AvgIpc) is 3.07. The van der Waals surface area contributed by atoms with Gasteiger partial charge in [0.1, 0.15) is 18.1 Å². The molecule has 2 N–H and O–H groups in total. The van der Waals surface area contributed by atoms with Gasteiger partial charge in [-0.25, -0.2) is 9.98 Å². The predicted molar refractivity (Wildman–Crippen MR) is 122 cm³/mol. The minimum absolute atomic E-state index is 0.0952. The number of ether oxygens (including phenoxy) is 2. The van der Waals surface area contributed by atoms with E-state index < -0.39 is 5.54 Å². The SMILES string of the molecule is CC(C)(C)C#Cc1ccc2c(c1)[C@]1(COC(N)=N1)c1cc(C#CC(C)(C)C)ncc1O2. The maximum atomic E-state index is 6.18. The van der Waals surface area contributed by atoms with Crippen LogP contribution in [-0.2, 0) is 10.3 Å². The second-order valence-electron chi connectivity index (χ2n) is 9.98. The van der Waals surface area contributed by atoms with Crippen LogP contribution in [0.2, 0.25) is 0 Å². The van der Waals surface area contributed by atoms with Gasteiger partial charge in [0.15, 0.2) is 11.3 Å². The highest BCUT2D eigenvalue weighted by molar-refractivity contribution is 5.77. The van der Waals surface area contributed by atoms with Crippen LogP contribution in [0.5, 0.6) is 11.5 Å². The van der Waals surface area contributed by atoms with Crippen molar-refractivity contribution in [3.63, 3.8) is 0 Å². The molecule has 2 aromatic rings. The molecule has 158 valence electrons. The van der Waals surface area contributed by atoms with E-state index in [-0.39, 0.29) is 23.5 Å². The van der Waals surface area contributed by atoms with E-state index in [1.54, 1.807) is 6.20 Å². The van der Waals surface area contributed by atoms with Crippen LogP contribution in [0.25, 0.3) is 0 Å². The third kappa shape index (κ3) is 4.23. The van der Waals surface area contributed by atoms with Crippen molar-refractivity contribution in [3.05, 3.63) is 52.8 Å². The first kappa shape index (κ1) is 20.8. The Labute approximate surface area is 184 Å². The number of hydrogen-bond acceptors (Lipinski definition) is 5. The summed E-state index contributed by atoms with van der Waals surface area (Å²) in [5.74, 6) is 14.3. The van der Waals surface area contributed by atoms with Crippen molar-refractivity contribution in [3.8, 4) is 35.2 Å². The molecule has 1 aromatic heterocycles.